The van der Waals surface area contributed by atoms with Crippen LogP contribution in [0.3, 0.4) is 0 Å². The van der Waals surface area contributed by atoms with Gasteiger partial charge < -0.3 is 9.67 Å². The molecule has 4 rings (SSSR count). The molecule has 0 saturated heterocycles. The standard InChI is InChI=1S/C24H21ClF2N4O/c1-17-2-4-18(5-3-17)6-7-19-10-11-30(23(19)25)13-24(32,14-31-16-28-15-29-31)21-9-8-20(26)12-22(21)27/h2-12,15-16,32H,13-14H2,1H3/b7-6+. The molecule has 8 heteroatoms. The van der Waals surface area contributed by atoms with Crippen molar-refractivity contribution in [3.05, 3.63) is 106 Å². The van der Waals surface area contributed by atoms with Gasteiger partial charge in [0.2, 0.25) is 0 Å². The Hall–Kier alpha value is -3.29. The normalized spacial score (nSPS) is 13.5. The summed E-state index contributed by atoms with van der Waals surface area (Å²) in [6.45, 7) is 1.85. The van der Waals surface area contributed by atoms with E-state index in [9.17, 15) is 13.9 Å². The number of rotatable bonds is 7. The Bertz CT molecular complexity index is 1240. The number of nitrogens with zero attached hydrogens (tertiary/aromatic N) is 4. The van der Waals surface area contributed by atoms with Crippen molar-refractivity contribution in [1.29, 1.82) is 0 Å². The summed E-state index contributed by atoms with van der Waals surface area (Å²) in [6.07, 6.45) is 8.26. The van der Waals surface area contributed by atoms with E-state index in [2.05, 4.69) is 10.1 Å². The molecule has 0 saturated carbocycles. The first-order chi connectivity index (χ1) is 15.3. The van der Waals surface area contributed by atoms with Crippen molar-refractivity contribution in [2.24, 2.45) is 0 Å². The number of aryl methyl sites for hydroxylation is 1. The van der Waals surface area contributed by atoms with Crippen molar-refractivity contribution in [2.75, 3.05) is 0 Å². The lowest BCUT2D eigenvalue weighted by molar-refractivity contribution is -0.00528. The highest BCUT2D eigenvalue weighted by Gasteiger charge is 2.34. The highest BCUT2D eigenvalue weighted by Crippen LogP contribution is 2.31. The lowest BCUT2D eigenvalue weighted by Gasteiger charge is -2.30. The first-order valence-electron chi connectivity index (χ1n) is 9.94. The van der Waals surface area contributed by atoms with Crippen molar-refractivity contribution in [3.63, 3.8) is 0 Å². The summed E-state index contributed by atoms with van der Waals surface area (Å²) in [5.41, 5.74) is 1.12. The number of hydrogen-bond donors (Lipinski definition) is 1. The van der Waals surface area contributed by atoms with E-state index in [0.29, 0.717) is 5.15 Å². The fourth-order valence-electron chi connectivity index (χ4n) is 3.53. The van der Waals surface area contributed by atoms with Gasteiger partial charge in [0.05, 0.1) is 13.1 Å². The molecule has 2 aromatic heterocycles. The molecule has 0 fully saturated rings. The predicted molar refractivity (Wildman–Crippen MR) is 120 cm³/mol. The van der Waals surface area contributed by atoms with Crippen LogP contribution >= 0.6 is 11.6 Å². The van der Waals surface area contributed by atoms with Gasteiger partial charge in [-0.2, -0.15) is 5.10 Å². The summed E-state index contributed by atoms with van der Waals surface area (Å²) in [5.74, 6) is -1.58. The minimum Gasteiger partial charge on any atom is -0.381 e. The zero-order valence-electron chi connectivity index (χ0n) is 17.3. The molecule has 164 valence electrons. The zero-order valence-corrected chi connectivity index (χ0v) is 18.0. The minimum absolute atomic E-state index is 0.0593. The molecule has 2 aromatic carbocycles. The summed E-state index contributed by atoms with van der Waals surface area (Å²) in [4.78, 5) is 3.87. The van der Waals surface area contributed by atoms with Gasteiger partial charge in [-0.15, -0.1) is 0 Å². The molecule has 1 N–H and O–H groups in total. The first-order valence-corrected chi connectivity index (χ1v) is 10.3. The molecule has 1 unspecified atom stereocenters. The fraction of sp³-hybridized carbons (Fsp3) is 0.167. The predicted octanol–water partition coefficient (Wildman–Crippen LogP) is 5.08. The lowest BCUT2D eigenvalue weighted by Crippen LogP contribution is -2.37. The second-order valence-corrected chi connectivity index (χ2v) is 8.04. The van der Waals surface area contributed by atoms with Crippen molar-refractivity contribution in [1.82, 2.24) is 19.3 Å². The Morgan fingerprint density at radius 1 is 1.06 bits per heavy atom. The van der Waals surface area contributed by atoms with Crippen molar-refractivity contribution < 1.29 is 13.9 Å². The van der Waals surface area contributed by atoms with Crippen LogP contribution in [0.5, 0.6) is 0 Å². The zero-order chi connectivity index (χ0) is 22.7. The molecule has 0 aliphatic rings. The highest BCUT2D eigenvalue weighted by atomic mass is 35.5. The number of aromatic nitrogens is 4. The Morgan fingerprint density at radius 2 is 1.84 bits per heavy atom. The summed E-state index contributed by atoms with van der Waals surface area (Å²) >= 11 is 6.57. The van der Waals surface area contributed by atoms with Gasteiger partial charge in [-0.05, 0) is 24.6 Å². The SMILES string of the molecule is Cc1ccc(/C=C/c2ccn(CC(O)(Cn3cncn3)c3ccc(F)cc3F)c2Cl)cc1. The van der Waals surface area contributed by atoms with E-state index in [1.807, 2.05) is 49.4 Å². The van der Waals surface area contributed by atoms with E-state index >= 15 is 0 Å². The maximum Gasteiger partial charge on any atom is 0.137 e. The van der Waals surface area contributed by atoms with E-state index in [1.54, 1.807) is 10.8 Å². The first kappa shape index (κ1) is 21.9. The van der Waals surface area contributed by atoms with E-state index in [4.69, 9.17) is 11.6 Å². The molecule has 0 amide bonds. The molecule has 0 spiro atoms. The van der Waals surface area contributed by atoms with Crippen LogP contribution < -0.4 is 0 Å². The van der Waals surface area contributed by atoms with Crippen LogP contribution in [0.1, 0.15) is 22.3 Å². The number of halogens is 3. The van der Waals surface area contributed by atoms with Crippen LogP contribution in [-0.2, 0) is 18.7 Å². The van der Waals surface area contributed by atoms with Crippen LogP contribution in [0.25, 0.3) is 12.2 Å². The molecule has 2 heterocycles. The van der Waals surface area contributed by atoms with E-state index in [1.165, 1.54) is 29.0 Å². The van der Waals surface area contributed by atoms with Crippen LogP contribution in [0.2, 0.25) is 5.15 Å². The lowest BCUT2D eigenvalue weighted by atomic mass is 9.92. The fourth-order valence-corrected chi connectivity index (χ4v) is 3.77. The van der Waals surface area contributed by atoms with Gasteiger partial charge in [0, 0.05) is 23.4 Å². The topological polar surface area (TPSA) is 55.9 Å². The third-order valence-corrected chi connectivity index (χ3v) is 5.65. The number of aliphatic hydroxyl groups is 1. The van der Waals surface area contributed by atoms with Crippen molar-refractivity contribution in [3.8, 4) is 0 Å². The molecule has 0 radical (unpaired) electrons. The summed E-state index contributed by atoms with van der Waals surface area (Å²) in [7, 11) is 0. The van der Waals surface area contributed by atoms with Gasteiger partial charge in [-0.1, -0.05) is 59.6 Å². The van der Waals surface area contributed by atoms with Crippen LogP contribution in [0, 0.1) is 18.6 Å². The van der Waals surface area contributed by atoms with Gasteiger partial charge >= 0.3 is 0 Å². The summed E-state index contributed by atoms with van der Waals surface area (Å²) < 4.78 is 31.1. The molecule has 32 heavy (non-hydrogen) atoms. The number of benzene rings is 2. The smallest absolute Gasteiger partial charge is 0.137 e. The molecular formula is C24H21ClF2N4O. The minimum atomic E-state index is -1.76. The maximum atomic E-state index is 14.6. The molecular weight excluding hydrogens is 434 g/mol. The summed E-state index contributed by atoms with van der Waals surface area (Å²) in [5, 5.41) is 15.9. The average Bonchev–Trinajstić information content (AvgIpc) is 3.38. The van der Waals surface area contributed by atoms with Crippen LogP contribution in [-0.4, -0.2) is 24.4 Å². The Labute approximate surface area is 189 Å². The van der Waals surface area contributed by atoms with Crippen molar-refractivity contribution in [2.45, 2.75) is 25.6 Å². The van der Waals surface area contributed by atoms with Gasteiger partial charge in [0.25, 0.3) is 0 Å². The van der Waals surface area contributed by atoms with Crippen LogP contribution in [0.4, 0.5) is 8.78 Å². The van der Waals surface area contributed by atoms with Gasteiger partial charge in [-0.3, -0.25) is 0 Å². The largest absolute Gasteiger partial charge is 0.381 e. The average molecular weight is 455 g/mol. The third-order valence-electron chi connectivity index (χ3n) is 5.21. The molecule has 0 bridgehead atoms. The number of hydrogen-bond acceptors (Lipinski definition) is 3. The molecule has 0 aliphatic carbocycles. The van der Waals surface area contributed by atoms with Gasteiger partial charge in [-0.25, -0.2) is 18.4 Å². The quantitative estimate of drug-likeness (QED) is 0.424. The third kappa shape index (κ3) is 4.79. The molecule has 0 aliphatic heterocycles. The van der Waals surface area contributed by atoms with Crippen LogP contribution in [0.15, 0.2) is 67.4 Å². The molecule has 1 atom stereocenters. The molecule has 4 aromatic rings. The van der Waals surface area contributed by atoms with Crippen molar-refractivity contribution >= 4 is 23.8 Å². The highest BCUT2D eigenvalue weighted by molar-refractivity contribution is 6.31. The Morgan fingerprint density at radius 3 is 2.53 bits per heavy atom. The molecule has 5 nitrogen and oxygen atoms in total. The van der Waals surface area contributed by atoms with Gasteiger partial charge in [0.15, 0.2) is 0 Å². The van der Waals surface area contributed by atoms with E-state index in [0.717, 1.165) is 23.3 Å². The Balaban J connectivity index is 1.64. The Kier molecular flexibility index (Phi) is 6.21. The monoisotopic (exact) mass is 454 g/mol. The second-order valence-electron chi connectivity index (χ2n) is 7.68. The maximum absolute atomic E-state index is 14.6. The van der Waals surface area contributed by atoms with E-state index < -0.39 is 17.2 Å². The van der Waals surface area contributed by atoms with Gasteiger partial charge in [0.1, 0.15) is 35.0 Å². The summed E-state index contributed by atoms with van der Waals surface area (Å²) in [6, 6.07) is 12.9. The second kappa shape index (κ2) is 9.06. The van der Waals surface area contributed by atoms with E-state index in [-0.39, 0.29) is 18.7 Å².